The van der Waals surface area contributed by atoms with Crippen LogP contribution in [-0.4, -0.2) is 31.6 Å². The Labute approximate surface area is 115 Å². The summed E-state index contributed by atoms with van der Waals surface area (Å²) in [7, 11) is 5.11. The number of rotatable bonds is 1. The van der Waals surface area contributed by atoms with Gasteiger partial charge in [0, 0.05) is 18.7 Å². The smallest absolute Gasteiger partial charge is 0.353 e. The fourth-order valence-electron chi connectivity index (χ4n) is 2.59. The van der Waals surface area contributed by atoms with Gasteiger partial charge in [0.1, 0.15) is 5.82 Å². The van der Waals surface area contributed by atoms with E-state index in [0.29, 0.717) is 0 Å². The van der Waals surface area contributed by atoms with Gasteiger partial charge in [0.15, 0.2) is 5.81 Å². The number of halogens is 4. The lowest BCUT2D eigenvalue weighted by atomic mass is 9.85. The van der Waals surface area contributed by atoms with E-state index in [1.165, 1.54) is 4.90 Å². The molecule has 1 aliphatic rings. The van der Waals surface area contributed by atoms with Gasteiger partial charge >= 0.3 is 6.18 Å². The lowest BCUT2D eigenvalue weighted by Crippen LogP contribution is -2.37. The first kappa shape index (κ1) is 14.9. The highest BCUT2D eigenvalue weighted by Crippen LogP contribution is 2.39. The molecule has 2 rings (SSSR count). The number of alkyl halides is 3. The maximum absolute atomic E-state index is 13.8. The topological polar surface area (TPSA) is 20.3 Å². The van der Waals surface area contributed by atoms with E-state index in [-0.39, 0.29) is 31.5 Å². The number of piperidine rings is 1. The molecule has 2 nitrogen and oxygen atoms in total. The monoisotopic (exact) mass is 285 g/mol. The number of nitrogens with zero attached hydrogens (tertiary/aromatic N) is 1. The molecule has 7 heteroatoms. The molecule has 0 spiro atoms. The van der Waals surface area contributed by atoms with E-state index >= 15 is 0 Å². The van der Waals surface area contributed by atoms with Crippen LogP contribution in [0.25, 0.3) is 0 Å². The Morgan fingerprint density at radius 3 is 2.35 bits per heavy atom. The molecule has 0 bridgehead atoms. The summed E-state index contributed by atoms with van der Waals surface area (Å²) in [5.74, 6) is -2.01. The Morgan fingerprint density at radius 1 is 1.25 bits per heavy atom. The van der Waals surface area contributed by atoms with Gasteiger partial charge in [0.25, 0.3) is 0 Å². The van der Waals surface area contributed by atoms with Crippen molar-refractivity contribution in [3.8, 4) is 0 Å². The summed E-state index contributed by atoms with van der Waals surface area (Å²) in [6.45, 7) is 0.483. The predicted octanol–water partition coefficient (Wildman–Crippen LogP) is 3.31. The van der Waals surface area contributed by atoms with Crippen LogP contribution in [0.1, 0.15) is 29.9 Å². The predicted molar refractivity (Wildman–Crippen MR) is 66.1 cm³/mol. The molecular formula is C13H12BF4NO. The molecule has 0 aliphatic carbocycles. The third-order valence-electron chi connectivity index (χ3n) is 3.57. The maximum Gasteiger partial charge on any atom is 0.416 e. The number of amides is 1. The standard InChI is InChI=1S/C13H12BF4NO/c14-12(20)19-6-4-8(5-7-19)11-9(13(16,17)18)2-1-3-10(11)15/h1-3,8H,4-7H2. The van der Waals surface area contributed by atoms with E-state index in [1.54, 1.807) is 0 Å². The zero-order valence-electron chi connectivity index (χ0n) is 10.6. The Kier molecular flexibility index (Phi) is 4.06. The summed E-state index contributed by atoms with van der Waals surface area (Å²) in [5.41, 5.74) is -1.24. The number of hydrogen-bond donors (Lipinski definition) is 0. The Hall–Kier alpha value is -1.53. The molecule has 0 N–H and O–H groups in total. The van der Waals surface area contributed by atoms with Crippen molar-refractivity contribution in [3.63, 3.8) is 0 Å². The quantitative estimate of drug-likeness (QED) is 0.572. The molecule has 0 unspecified atom stereocenters. The van der Waals surface area contributed by atoms with Crippen molar-refractivity contribution in [1.82, 2.24) is 4.90 Å². The number of hydrogen-bond acceptors (Lipinski definition) is 1. The van der Waals surface area contributed by atoms with Gasteiger partial charge < -0.3 is 4.90 Å². The zero-order valence-corrected chi connectivity index (χ0v) is 10.6. The molecule has 20 heavy (non-hydrogen) atoms. The van der Waals surface area contributed by atoms with Gasteiger partial charge in [-0.1, -0.05) is 6.07 Å². The van der Waals surface area contributed by atoms with E-state index in [0.717, 1.165) is 18.2 Å². The van der Waals surface area contributed by atoms with Crippen LogP contribution in [0.5, 0.6) is 0 Å². The zero-order chi connectivity index (χ0) is 14.9. The van der Waals surface area contributed by atoms with Crippen LogP contribution in [0.2, 0.25) is 0 Å². The maximum atomic E-state index is 13.8. The third kappa shape index (κ3) is 2.97. The van der Waals surface area contributed by atoms with E-state index < -0.39 is 29.3 Å². The summed E-state index contributed by atoms with van der Waals surface area (Å²) in [6, 6.07) is 2.98. The third-order valence-corrected chi connectivity index (χ3v) is 3.57. The van der Waals surface area contributed by atoms with Crippen LogP contribution in [0.3, 0.4) is 0 Å². The molecular weight excluding hydrogens is 273 g/mol. The second kappa shape index (κ2) is 5.46. The number of benzene rings is 1. The largest absolute Gasteiger partial charge is 0.416 e. The molecule has 0 aromatic heterocycles. The highest BCUT2D eigenvalue weighted by Gasteiger charge is 2.37. The van der Waals surface area contributed by atoms with Crippen molar-refractivity contribution < 1.29 is 22.4 Å². The average Bonchev–Trinajstić information content (AvgIpc) is 2.37. The lowest BCUT2D eigenvalue weighted by molar-refractivity contribution is -0.138. The van der Waals surface area contributed by atoms with Crippen molar-refractivity contribution >= 4 is 13.7 Å². The first-order valence-corrected chi connectivity index (χ1v) is 6.20. The van der Waals surface area contributed by atoms with E-state index in [2.05, 4.69) is 0 Å². The Morgan fingerprint density at radius 2 is 1.85 bits per heavy atom. The van der Waals surface area contributed by atoms with Gasteiger partial charge in [0.05, 0.1) is 5.56 Å². The van der Waals surface area contributed by atoms with Crippen molar-refractivity contribution in [3.05, 3.63) is 35.1 Å². The molecule has 1 aliphatic heterocycles. The van der Waals surface area contributed by atoms with E-state index in [4.69, 9.17) is 7.85 Å². The number of carbonyl (C=O) groups excluding carboxylic acids is 1. The van der Waals surface area contributed by atoms with Crippen LogP contribution in [-0.2, 0) is 6.18 Å². The van der Waals surface area contributed by atoms with Gasteiger partial charge in [0.2, 0.25) is 7.85 Å². The lowest BCUT2D eigenvalue weighted by Gasteiger charge is -2.33. The summed E-state index contributed by atoms with van der Waals surface area (Å²) >= 11 is 0. The minimum absolute atomic E-state index is 0.242. The second-order valence-corrected chi connectivity index (χ2v) is 4.80. The second-order valence-electron chi connectivity index (χ2n) is 4.80. The van der Waals surface area contributed by atoms with Gasteiger partial charge in [-0.15, -0.1) is 0 Å². The first-order valence-electron chi connectivity index (χ1n) is 6.20. The highest BCUT2D eigenvalue weighted by molar-refractivity contribution is 6.56. The molecule has 1 aromatic rings. The fraction of sp³-hybridized carbons (Fsp3) is 0.462. The van der Waals surface area contributed by atoms with Gasteiger partial charge in [-0.2, -0.15) is 13.2 Å². The van der Waals surface area contributed by atoms with Gasteiger partial charge in [-0.3, -0.25) is 4.79 Å². The minimum atomic E-state index is -4.59. The average molecular weight is 285 g/mol. The van der Waals surface area contributed by atoms with Gasteiger partial charge in [-0.05, 0) is 30.9 Å². The molecule has 1 amide bonds. The van der Waals surface area contributed by atoms with Crippen LogP contribution in [0.15, 0.2) is 18.2 Å². The Balaban J connectivity index is 2.28. The van der Waals surface area contributed by atoms with Crippen LogP contribution >= 0.6 is 0 Å². The van der Waals surface area contributed by atoms with Crippen molar-refractivity contribution in [2.45, 2.75) is 24.9 Å². The van der Waals surface area contributed by atoms with Crippen LogP contribution in [0.4, 0.5) is 22.4 Å². The summed E-state index contributed by atoms with van der Waals surface area (Å²) < 4.78 is 52.6. The molecule has 0 saturated carbocycles. The molecule has 0 atom stereocenters. The molecule has 1 saturated heterocycles. The Bertz CT molecular complexity index is 510. The van der Waals surface area contributed by atoms with E-state index in [9.17, 15) is 22.4 Å². The van der Waals surface area contributed by atoms with Crippen LogP contribution in [0, 0.1) is 5.82 Å². The minimum Gasteiger partial charge on any atom is -0.353 e. The van der Waals surface area contributed by atoms with Crippen molar-refractivity contribution in [1.29, 1.82) is 0 Å². The van der Waals surface area contributed by atoms with Crippen molar-refractivity contribution in [2.75, 3.05) is 13.1 Å². The summed E-state index contributed by atoms with van der Waals surface area (Å²) in [4.78, 5) is 12.3. The fourth-order valence-corrected chi connectivity index (χ4v) is 2.59. The number of likely N-dealkylation sites (tertiary alicyclic amines) is 1. The molecule has 2 radical (unpaired) electrons. The number of carbonyl (C=O) groups is 1. The van der Waals surface area contributed by atoms with Gasteiger partial charge in [-0.25, -0.2) is 4.39 Å². The highest BCUT2D eigenvalue weighted by atomic mass is 19.4. The van der Waals surface area contributed by atoms with E-state index in [1.807, 2.05) is 0 Å². The molecule has 106 valence electrons. The molecule has 1 fully saturated rings. The van der Waals surface area contributed by atoms with Crippen molar-refractivity contribution in [2.24, 2.45) is 0 Å². The normalized spacial score (nSPS) is 17.3. The van der Waals surface area contributed by atoms with Crippen LogP contribution < -0.4 is 0 Å². The SMILES string of the molecule is [B]C(=O)N1CCC(c2c(F)cccc2C(F)(F)F)CC1. The summed E-state index contributed by atoms with van der Waals surface area (Å²) in [6.07, 6.45) is -4.04. The first-order chi connectivity index (χ1) is 9.30. The molecule has 1 heterocycles. The molecule has 1 aromatic carbocycles. The summed E-state index contributed by atoms with van der Waals surface area (Å²) in [5, 5.41) is 0.